The summed E-state index contributed by atoms with van der Waals surface area (Å²) >= 11 is 3.45. The molecule has 0 N–H and O–H groups in total. The number of benzene rings is 2. The lowest BCUT2D eigenvalue weighted by atomic mass is 9.97. The summed E-state index contributed by atoms with van der Waals surface area (Å²) in [4.78, 5) is 12.1. The SMILES string of the molecule is CC(=O)C1=CC[C@@H](c2cccc(Br)c2)N(S(=O)(=O)c2ccc(C)cc2)C1. The summed E-state index contributed by atoms with van der Waals surface area (Å²) in [5, 5.41) is 0. The van der Waals surface area contributed by atoms with Crippen molar-refractivity contribution in [2.75, 3.05) is 6.54 Å². The van der Waals surface area contributed by atoms with Crippen LogP contribution in [0.15, 0.2) is 69.5 Å². The van der Waals surface area contributed by atoms with Crippen molar-refractivity contribution in [2.45, 2.75) is 31.2 Å². The van der Waals surface area contributed by atoms with Gasteiger partial charge in [-0.1, -0.05) is 51.8 Å². The number of nitrogens with zero attached hydrogens (tertiary/aromatic N) is 1. The largest absolute Gasteiger partial charge is 0.295 e. The number of sulfonamides is 1. The molecule has 2 aromatic carbocycles. The first kappa shape index (κ1) is 19.0. The zero-order valence-corrected chi connectivity index (χ0v) is 17.0. The molecule has 1 aliphatic heterocycles. The second-order valence-electron chi connectivity index (χ2n) is 6.46. The fraction of sp³-hybridized carbons (Fsp3) is 0.250. The third-order valence-corrected chi connectivity index (χ3v) is 6.94. The van der Waals surface area contributed by atoms with Crippen LogP contribution in [0.3, 0.4) is 0 Å². The van der Waals surface area contributed by atoms with Crippen molar-refractivity contribution in [2.24, 2.45) is 0 Å². The Morgan fingerprint density at radius 1 is 1.15 bits per heavy atom. The molecule has 0 radical (unpaired) electrons. The number of aryl methyl sites for hydroxylation is 1. The van der Waals surface area contributed by atoms with Gasteiger partial charge in [-0.3, -0.25) is 4.79 Å². The highest BCUT2D eigenvalue weighted by molar-refractivity contribution is 9.10. The molecule has 3 rings (SSSR count). The highest BCUT2D eigenvalue weighted by Gasteiger charge is 2.35. The van der Waals surface area contributed by atoms with Gasteiger partial charge in [0.2, 0.25) is 10.0 Å². The van der Waals surface area contributed by atoms with E-state index in [1.807, 2.05) is 37.3 Å². The quantitative estimate of drug-likeness (QED) is 0.717. The monoisotopic (exact) mass is 433 g/mol. The van der Waals surface area contributed by atoms with Crippen LogP contribution in [0.1, 0.15) is 30.5 Å². The minimum absolute atomic E-state index is 0.0860. The van der Waals surface area contributed by atoms with E-state index in [0.29, 0.717) is 12.0 Å². The summed E-state index contributed by atoms with van der Waals surface area (Å²) in [6, 6.07) is 14.1. The lowest BCUT2D eigenvalue weighted by Crippen LogP contribution is -2.39. The van der Waals surface area contributed by atoms with Crippen molar-refractivity contribution in [1.82, 2.24) is 4.31 Å². The van der Waals surface area contributed by atoms with Gasteiger partial charge in [-0.25, -0.2) is 8.42 Å². The molecule has 0 unspecified atom stereocenters. The van der Waals surface area contributed by atoms with Crippen LogP contribution < -0.4 is 0 Å². The maximum Gasteiger partial charge on any atom is 0.243 e. The van der Waals surface area contributed by atoms with Gasteiger partial charge in [-0.15, -0.1) is 0 Å². The Kier molecular flexibility index (Phi) is 5.46. The molecule has 0 bridgehead atoms. The standard InChI is InChI=1S/C20H20BrNO3S/c1-14-6-9-19(10-7-14)26(24,25)22-13-17(15(2)23)8-11-20(22)16-4-3-5-18(21)12-16/h3-10,12,20H,11,13H2,1-2H3/t20-/m0/s1. The molecule has 1 aliphatic rings. The van der Waals surface area contributed by atoms with Gasteiger partial charge in [0.25, 0.3) is 0 Å². The molecule has 26 heavy (non-hydrogen) atoms. The van der Waals surface area contributed by atoms with E-state index >= 15 is 0 Å². The average Bonchev–Trinajstić information content (AvgIpc) is 2.61. The van der Waals surface area contributed by atoms with Crippen LogP contribution >= 0.6 is 15.9 Å². The molecule has 1 atom stereocenters. The van der Waals surface area contributed by atoms with E-state index in [-0.39, 0.29) is 23.3 Å². The topological polar surface area (TPSA) is 54.5 Å². The second kappa shape index (κ2) is 7.47. The van der Waals surface area contributed by atoms with E-state index in [1.165, 1.54) is 11.2 Å². The van der Waals surface area contributed by atoms with Gasteiger partial charge in [0, 0.05) is 16.6 Å². The smallest absolute Gasteiger partial charge is 0.243 e. The predicted molar refractivity (Wildman–Crippen MR) is 105 cm³/mol. The van der Waals surface area contributed by atoms with Crippen LogP contribution in [0.5, 0.6) is 0 Å². The minimum atomic E-state index is -3.73. The predicted octanol–water partition coefficient (Wildman–Crippen LogP) is 4.41. The average molecular weight is 434 g/mol. The number of Topliss-reactive ketones (excluding diaryl/α,β-unsaturated/α-hetero) is 1. The minimum Gasteiger partial charge on any atom is -0.295 e. The number of rotatable bonds is 4. The first-order valence-electron chi connectivity index (χ1n) is 8.33. The number of carbonyl (C=O) groups excluding carboxylic acids is 1. The first-order valence-corrected chi connectivity index (χ1v) is 10.6. The van der Waals surface area contributed by atoms with Gasteiger partial charge in [0.15, 0.2) is 5.78 Å². The summed E-state index contributed by atoms with van der Waals surface area (Å²) < 4.78 is 29.0. The van der Waals surface area contributed by atoms with Crippen molar-refractivity contribution in [1.29, 1.82) is 0 Å². The van der Waals surface area contributed by atoms with Crippen molar-refractivity contribution >= 4 is 31.7 Å². The molecule has 0 aromatic heterocycles. The number of halogens is 1. The van der Waals surface area contributed by atoms with Crippen molar-refractivity contribution in [3.8, 4) is 0 Å². The molecule has 6 heteroatoms. The Labute approximate surface area is 162 Å². The molecule has 0 amide bonds. The summed E-state index contributed by atoms with van der Waals surface area (Å²) in [5.41, 5.74) is 2.43. The maximum atomic E-state index is 13.3. The Morgan fingerprint density at radius 3 is 2.46 bits per heavy atom. The third kappa shape index (κ3) is 3.82. The first-order chi connectivity index (χ1) is 12.3. The van der Waals surface area contributed by atoms with Crippen LogP contribution in [-0.2, 0) is 14.8 Å². The number of ketones is 1. The molecule has 0 spiro atoms. The Bertz CT molecular complexity index is 965. The van der Waals surface area contributed by atoms with E-state index < -0.39 is 10.0 Å². The number of carbonyl (C=O) groups is 1. The maximum absolute atomic E-state index is 13.3. The Morgan fingerprint density at radius 2 is 1.85 bits per heavy atom. The van der Waals surface area contributed by atoms with Gasteiger partial charge >= 0.3 is 0 Å². The van der Waals surface area contributed by atoms with Crippen molar-refractivity contribution in [3.05, 3.63) is 75.8 Å². The number of hydrogen-bond acceptors (Lipinski definition) is 3. The molecule has 0 aliphatic carbocycles. The summed E-state index contributed by atoms with van der Waals surface area (Å²) in [6.07, 6.45) is 2.32. The highest BCUT2D eigenvalue weighted by Crippen LogP contribution is 2.36. The normalized spacial score (nSPS) is 18.4. The van der Waals surface area contributed by atoms with Crippen LogP contribution in [0.25, 0.3) is 0 Å². The van der Waals surface area contributed by atoms with Crippen LogP contribution in [0.2, 0.25) is 0 Å². The van der Waals surface area contributed by atoms with E-state index in [9.17, 15) is 13.2 Å². The van der Waals surface area contributed by atoms with Crippen LogP contribution in [-0.4, -0.2) is 25.1 Å². The van der Waals surface area contributed by atoms with E-state index in [2.05, 4.69) is 15.9 Å². The van der Waals surface area contributed by atoms with Crippen LogP contribution in [0, 0.1) is 6.92 Å². The molecule has 0 fully saturated rings. The Balaban J connectivity index is 2.08. The summed E-state index contributed by atoms with van der Waals surface area (Å²) in [6.45, 7) is 3.48. The lowest BCUT2D eigenvalue weighted by molar-refractivity contribution is -0.113. The molecular formula is C20H20BrNO3S. The van der Waals surface area contributed by atoms with Crippen molar-refractivity contribution < 1.29 is 13.2 Å². The van der Waals surface area contributed by atoms with E-state index in [0.717, 1.165) is 15.6 Å². The molecule has 2 aromatic rings. The van der Waals surface area contributed by atoms with Gasteiger partial charge < -0.3 is 0 Å². The van der Waals surface area contributed by atoms with Gasteiger partial charge in [-0.05, 0) is 50.1 Å². The fourth-order valence-electron chi connectivity index (χ4n) is 3.08. The lowest BCUT2D eigenvalue weighted by Gasteiger charge is -2.34. The molecule has 0 saturated heterocycles. The summed E-state index contributed by atoms with van der Waals surface area (Å²) in [5.74, 6) is -0.0956. The second-order valence-corrected chi connectivity index (χ2v) is 9.26. The molecule has 136 valence electrons. The summed E-state index contributed by atoms with van der Waals surface area (Å²) in [7, 11) is -3.73. The van der Waals surface area contributed by atoms with Gasteiger partial charge in [0.05, 0.1) is 10.9 Å². The van der Waals surface area contributed by atoms with E-state index in [1.54, 1.807) is 24.3 Å². The fourth-order valence-corrected chi connectivity index (χ4v) is 5.10. The molecular weight excluding hydrogens is 414 g/mol. The highest BCUT2D eigenvalue weighted by atomic mass is 79.9. The van der Waals surface area contributed by atoms with E-state index in [4.69, 9.17) is 0 Å². The van der Waals surface area contributed by atoms with Crippen molar-refractivity contribution in [3.63, 3.8) is 0 Å². The molecule has 0 saturated carbocycles. The molecule has 1 heterocycles. The zero-order valence-electron chi connectivity index (χ0n) is 14.6. The van der Waals surface area contributed by atoms with Crippen LogP contribution in [0.4, 0.5) is 0 Å². The third-order valence-electron chi connectivity index (χ3n) is 4.57. The number of hydrogen-bond donors (Lipinski definition) is 0. The van der Waals surface area contributed by atoms with Gasteiger partial charge in [0.1, 0.15) is 0 Å². The van der Waals surface area contributed by atoms with Gasteiger partial charge in [-0.2, -0.15) is 4.31 Å². The molecule has 4 nitrogen and oxygen atoms in total. The zero-order chi connectivity index (χ0) is 18.9. The Hall–Kier alpha value is -1.76.